The number of ether oxygens (including phenoxy) is 2. The predicted molar refractivity (Wildman–Crippen MR) is 41.6 cm³/mol. The van der Waals surface area contributed by atoms with Gasteiger partial charge in [-0.25, -0.2) is 4.79 Å². The summed E-state index contributed by atoms with van der Waals surface area (Å²) in [7, 11) is 0. The third-order valence-corrected chi connectivity index (χ3v) is 1.81. The van der Waals surface area contributed by atoms with Crippen molar-refractivity contribution in [1.82, 2.24) is 0 Å². The van der Waals surface area contributed by atoms with Gasteiger partial charge in [0.25, 0.3) is 0 Å². The van der Waals surface area contributed by atoms with Crippen LogP contribution in [0.4, 0.5) is 0 Å². The molecular weight excluding hydrogens is 160 g/mol. The molecule has 0 radical (unpaired) electrons. The number of aliphatic hydroxyl groups is 1. The summed E-state index contributed by atoms with van der Waals surface area (Å²) >= 11 is 0. The molecule has 1 fully saturated rings. The topological polar surface area (TPSA) is 55.8 Å². The highest BCUT2D eigenvalue weighted by atomic mass is 16.6. The first kappa shape index (κ1) is 9.48. The van der Waals surface area contributed by atoms with Crippen molar-refractivity contribution in [2.45, 2.75) is 32.0 Å². The summed E-state index contributed by atoms with van der Waals surface area (Å²) < 4.78 is 9.88. The fourth-order valence-electron chi connectivity index (χ4n) is 1.18. The Morgan fingerprint density at radius 2 is 2.50 bits per heavy atom. The normalized spacial score (nSPS) is 29.8. The Morgan fingerprint density at radius 3 is 3.08 bits per heavy atom. The molecule has 1 rings (SSSR count). The summed E-state index contributed by atoms with van der Waals surface area (Å²) in [5, 5.41) is 9.21. The van der Waals surface area contributed by atoms with Crippen LogP contribution in [0.1, 0.15) is 19.8 Å². The van der Waals surface area contributed by atoms with Crippen LogP contribution in [0.3, 0.4) is 0 Å². The second kappa shape index (κ2) is 4.42. The second-order valence-electron chi connectivity index (χ2n) is 2.79. The fourth-order valence-corrected chi connectivity index (χ4v) is 1.18. The highest BCUT2D eigenvalue weighted by Crippen LogP contribution is 2.14. The molecule has 4 nitrogen and oxygen atoms in total. The van der Waals surface area contributed by atoms with E-state index < -0.39 is 12.2 Å². The van der Waals surface area contributed by atoms with Crippen LogP contribution in [0.25, 0.3) is 0 Å². The minimum absolute atomic E-state index is 0.356. The third-order valence-electron chi connectivity index (χ3n) is 1.81. The van der Waals surface area contributed by atoms with Crippen LogP contribution in [0.15, 0.2) is 0 Å². The Hall–Kier alpha value is -0.610. The fraction of sp³-hybridized carbons (Fsp3) is 0.875. The molecule has 0 bridgehead atoms. The van der Waals surface area contributed by atoms with E-state index in [4.69, 9.17) is 9.47 Å². The van der Waals surface area contributed by atoms with E-state index in [9.17, 15) is 9.90 Å². The molecule has 0 aliphatic carbocycles. The van der Waals surface area contributed by atoms with Gasteiger partial charge in [-0.05, 0) is 13.3 Å². The summed E-state index contributed by atoms with van der Waals surface area (Å²) in [5.41, 5.74) is 0. The molecule has 0 spiro atoms. The summed E-state index contributed by atoms with van der Waals surface area (Å²) in [6, 6.07) is 0. The lowest BCUT2D eigenvalue weighted by atomic mass is 10.1. The SMILES string of the molecule is CCOC(=O)C1CC(O)CCO1. The van der Waals surface area contributed by atoms with Crippen LogP contribution >= 0.6 is 0 Å². The van der Waals surface area contributed by atoms with Crippen molar-refractivity contribution in [1.29, 1.82) is 0 Å². The molecule has 1 N–H and O–H groups in total. The Labute approximate surface area is 71.5 Å². The minimum Gasteiger partial charge on any atom is -0.464 e. The number of hydrogen-bond acceptors (Lipinski definition) is 4. The molecular formula is C8H14O4. The minimum atomic E-state index is -0.561. The molecule has 1 aliphatic heterocycles. The first-order chi connectivity index (χ1) is 5.74. The molecule has 1 aliphatic rings. The van der Waals surface area contributed by atoms with E-state index in [0.29, 0.717) is 26.1 Å². The van der Waals surface area contributed by atoms with Gasteiger partial charge in [0.2, 0.25) is 0 Å². The van der Waals surface area contributed by atoms with E-state index in [1.165, 1.54) is 0 Å². The smallest absolute Gasteiger partial charge is 0.335 e. The van der Waals surface area contributed by atoms with E-state index in [2.05, 4.69) is 0 Å². The van der Waals surface area contributed by atoms with E-state index in [1.54, 1.807) is 6.92 Å². The lowest BCUT2D eigenvalue weighted by molar-refractivity contribution is -0.163. The van der Waals surface area contributed by atoms with Gasteiger partial charge in [-0.3, -0.25) is 0 Å². The Kier molecular flexibility index (Phi) is 3.49. The Balaban J connectivity index is 2.35. The van der Waals surface area contributed by atoms with Crippen LogP contribution < -0.4 is 0 Å². The van der Waals surface area contributed by atoms with Gasteiger partial charge in [0.1, 0.15) is 0 Å². The maximum absolute atomic E-state index is 11.1. The monoisotopic (exact) mass is 174 g/mol. The van der Waals surface area contributed by atoms with Gasteiger partial charge in [0.05, 0.1) is 19.3 Å². The van der Waals surface area contributed by atoms with Crippen molar-refractivity contribution in [2.24, 2.45) is 0 Å². The quantitative estimate of drug-likeness (QED) is 0.603. The molecule has 0 saturated carbocycles. The van der Waals surface area contributed by atoms with Crippen molar-refractivity contribution >= 4 is 5.97 Å². The summed E-state index contributed by atoms with van der Waals surface area (Å²) in [6.45, 7) is 2.54. The van der Waals surface area contributed by atoms with Crippen molar-refractivity contribution in [2.75, 3.05) is 13.2 Å². The molecule has 70 valence electrons. The molecule has 2 atom stereocenters. The van der Waals surface area contributed by atoms with Crippen molar-refractivity contribution in [3.63, 3.8) is 0 Å². The first-order valence-electron chi connectivity index (χ1n) is 4.20. The Bertz CT molecular complexity index is 157. The van der Waals surface area contributed by atoms with Gasteiger partial charge in [-0.15, -0.1) is 0 Å². The maximum Gasteiger partial charge on any atom is 0.335 e. The Morgan fingerprint density at radius 1 is 1.75 bits per heavy atom. The van der Waals surface area contributed by atoms with E-state index in [0.717, 1.165) is 0 Å². The molecule has 0 aromatic rings. The number of hydrogen-bond donors (Lipinski definition) is 1. The van der Waals surface area contributed by atoms with Crippen LogP contribution in [0.5, 0.6) is 0 Å². The number of carbonyl (C=O) groups is 1. The standard InChI is InChI=1S/C8H14O4/c1-2-11-8(10)7-5-6(9)3-4-12-7/h6-7,9H,2-5H2,1H3. The first-order valence-corrected chi connectivity index (χ1v) is 4.20. The molecule has 0 aromatic heterocycles. The number of rotatable bonds is 2. The van der Waals surface area contributed by atoms with Gasteiger partial charge < -0.3 is 14.6 Å². The lowest BCUT2D eigenvalue weighted by Gasteiger charge is -2.24. The number of esters is 1. The highest BCUT2D eigenvalue weighted by molar-refractivity contribution is 5.74. The van der Waals surface area contributed by atoms with Gasteiger partial charge in [-0.2, -0.15) is 0 Å². The molecule has 2 unspecified atom stereocenters. The molecule has 1 heterocycles. The number of aliphatic hydroxyl groups excluding tert-OH is 1. The number of carbonyl (C=O) groups excluding carboxylic acids is 1. The molecule has 0 amide bonds. The van der Waals surface area contributed by atoms with Gasteiger partial charge in [-0.1, -0.05) is 0 Å². The largest absolute Gasteiger partial charge is 0.464 e. The summed E-state index contributed by atoms with van der Waals surface area (Å²) in [6.07, 6.45) is -0.0174. The van der Waals surface area contributed by atoms with Crippen LogP contribution in [-0.4, -0.2) is 36.5 Å². The molecule has 12 heavy (non-hydrogen) atoms. The average Bonchev–Trinajstić information content (AvgIpc) is 2.05. The van der Waals surface area contributed by atoms with Crippen molar-refractivity contribution in [3.05, 3.63) is 0 Å². The zero-order valence-electron chi connectivity index (χ0n) is 7.16. The van der Waals surface area contributed by atoms with E-state index in [1.807, 2.05) is 0 Å². The zero-order valence-corrected chi connectivity index (χ0v) is 7.16. The zero-order chi connectivity index (χ0) is 8.97. The second-order valence-corrected chi connectivity index (χ2v) is 2.79. The van der Waals surface area contributed by atoms with Crippen LogP contribution in [-0.2, 0) is 14.3 Å². The lowest BCUT2D eigenvalue weighted by Crippen LogP contribution is -2.35. The van der Waals surface area contributed by atoms with E-state index in [-0.39, 0.29) is 5.97 Å². The summed E-state index contributed by atoms with van der Waals surface area (Å²) in [5.74, 6) is -0.365. The van der Waals surface area contributed by atoms with Crippen LogP contribution in [0, 0.1) is 0 Å². The maximum atomic E-state index is 11.1. The summed E-state index contributed by atoms with van der Waals surface area (Å²) in [4.78, 5) is 11.1. The predicted octanol–water partition coefficient (Wildman–Crippen LogP) is 0.0894. The van der Waals surface area contributed by atoms with Gasteiger partial charge in [0, 0.05) is 6.42 Å². The van der Waals surface area contributed by atoms with Crippen molar-refractivity contribution in [3.8, 4) is 0 Å². The highest BCUT2D eigenvalue weighted by Gasteiger charge is 2.27. The molecule has 1 saturated heterocycles. The average molecular weight is 174 g/mol. The van der Waals surface area contributed by atoms with E-state index >= 15 is 0 Å². The molecule has 0 aromatic carbocycles. The third kappa shape index (κ3) is 2.46. The van der Waals surface area contributed by atoms with Gasteiger partial charge >= 0.3 is 5.97 Å². The van der Waals surface area contributed by atoms with Crippen molar-refractivity contribution < 1.29 is 19.4 Å². The van der Waals surface area contributed by atoms with Crippen LogP contribution in [0.2, 0.25) is 0 Å². The van der Waals surface area contributed by atoms with Gasteiger partial charge in [0.15, 0.2) is 6.10 Å². The molecule has 4 heteroatoms.